The van der Waals surface area contributed by atoms with Gasteiger partial charge in [-0.3, -0.25) is 0 Å². The highest BCUT2D eigenvalue weighted by atomic mass is 32.1. The van der Waals surface area contributed by atoms with E-state index in [4.69, 9.17) is 0 Å². The van der Waals surface area contributed by atoms with Gasteiger partial charge in [0.05, 0.1) is 15.7 Å². The molecule has 3 nitrogen and oxygen atoms in total. The fraction of sp³-hybridized carbons (Fsp3) is 0.533. The number of nitrogens with zero attached hydrogens (tertiary/aromatic N) is 2. The van der Waals surface area contributed by atoms with Crippen LogP contribution in [-0.4, -0.2) is 35.6 Å². The van der Waals surface area contributed by atoms with Crippen LogP contribution in [0, 0.1) is 5.92 Å². The van der Waals surface area contributed by atoms with Crippen LogP contribution in [0.1, 0.15) is 18.4 Å². The molecule has 2 bridgehead atoms. The summed E-state index contributed by atoms with van der Waals surface area (Å²) in [6.07, 6.45) is 2.75. The number of benzene rings is 1. The van der Waals surface area contributed by atoms with E-state index in [0.29, 0.717) is 6.04 Å². The maximum atomic E-state index is 4.39. The van der Waals surface area contributed by atoms with E-state index >= 15 is 0 Å². The SMILES string of the molecule is c1cc(CN[C@H]2CN3CCC2CC3)c2scnc2c1. The summed E-state index contributed by atoms with van der Waals surface area (Å²) in [5.41, 5.74) is 4.48. The highest BCUT2D eigenvalue weighted by molar-refractivity contribution is 7.16. The minimum absolute atomic E-state index is 0.686. The fourth-order valence-electron chi connectivity index (χ4n) is 3.52. The smallest absolute Gasteiger partial charge is 0.0815 e. The summed E-state index contributed by atoms with van der Waals surface area (Å²) < 4.78 is 1.34. The number of aromatic nitrogens is 1. The lowest BCUT2D eigenvalue weighted by Gasteiger charge is -2.45. The van der Waals surface area contributed by atoms with Crippen molar-refractivity contribution in [1.82, 2.24) is 15.2 Å². The van der Waals surface area contributed by atoms with Gasteiger partial charge in [0.2, 0.25) is 0 Å². The first-order valence-electron chi connectivity index (χ1n) is 7.17. The number of fused-ring (bicyclic) bond motifs is 4. The van der Waals surface area contributed by atoms with Gasteiger partial charge in [-0.15, -0.1) is 11.3 Å². The van der Waals surface area contributed by atoms with Crippen molar-refractivity contribution in [1.29, 1.82) is 0 Å². The summed E-state index contributed by atoms with van der Waals surface area (Å²) in [7, 11) is 0. The third kappa shape index (κ3) is 2.18. The van der Waals surface area contributed by atoms with Crippen LogP contribution in [0.2, 0.25) is 0 Å². The minimum Gasteiger partial charge on any atom is -0.308 e. The van der Waals surface area contributed by atoms with Crippen LogP contribution in [0.3, 0.4) is 0 Å². The second kappa shape index (κ2) is 4.85. The van der Waals surface area contributed by atoms with Crippen molar-refractivity contribution < 1.29 is 0 Å². The first-order chi connectivity index (χ1) is 9.40. The number of piperidine rings is 3. The molecule has 0 radical (unpaired) electrons. The summed E-state index contributed by atoms with van der Waals surface area (Å²) >= 11 is 1.75. The molecule has 3 fully saturated rings. The number of nitrogens with one attached hydrogen (secondary N) is 1. The lowest BCUT2D eigenvalue weighted by atomic mass is 9.84. The molecule has 1 aromatic carbocycles. The van der Waals surface area contributed by atoms with Gasteiger partial charge in [0.1, 0.15) is 0 Å². The normalized spacial score (nSPS) is 30.0. The zero-order valence-corrected chi connectivity index (χ0v) is 11.8. The Morgan fingerprint density at radius 2 is 2.21 bits per heavy atom. The van der Waals surface area contributed by atoms with Crippen LogP contribution in [0.4, 0.5) is 0 Å². The van der Waals surface area contributed by atoms with E-state index in [2.05, 4.69) is 33.4 Å². The summed E-state index contributed by atoms with van der Waals surface area (Å²) in [6.45, 7) is 4.85. The lowest BCUT2D eigenvalue weighted by Crippen LogP contribution is -2.55. The molecule has 3 aliphatic rings. The molecule has 5 rings (SSSR count). The maximum absolute atomic E-state index is 4.39. The largest absolute Gasteiger partial charge is 0.308 e. The Morgan fingerprint density at radius 3 is 3.00 bits per heavy atom. The molecule has 0 saturated carbocycles. The minimum atomic E-state index is 0.686. The highest BCUT2D eigenvalue weighted by Gasteiger charge is 2.33. The van der Waals surface area contributed by atoms with Gasteiger partial charge < -0.3 is 10.2 Å². The van der Waals surface area contributed by atoms with Gasteiger partial charge in [-0.25, -0.2) is 4.98 Å². The molecule has 1 aromatic heterocycles. The van der Waals surface area contributed by atoms with Crippen molar-refractivity contribution in [2.24, 2.45) is 5.92 Å². The maximum Gasteiger partial charge on any atom is 0.0815 e. The van der Waals surface area contributed by atoms with Gasteiger partial charge in [-0.1, -0.05) is 12.1 Å². The fourth-order valence-corrected chi connectivity index (χ4v) is 4.33. The Balaban J connectivity index is 1.49. The summed E-state index contributed by atoms with van der Waals surface area (Å²) in [6, 6.07) is 7.14. The average molecular weight is 273 g/mol. The molecule has 100 valence electrons. The molecule has 0 aliphatic carbocycles. The topological polar surface area (TPSA) is 28.2 Å². The van der Waals surface area contributed by atoms with Gasteiger partial charge in [0, 0.05) is 19.1 Å². The second-order valence-electron chi connectivity index (χ2n) is 5.74. The molecule has 2 aromatic rings. The third-order valence-electron chi connectivity index (χ3n) is 4.65. The molecule has 1 atom stereocenters. The average Bonchev–Trinajstić information content (AvgIpc) is 2.95. The molecule has 4 heterocycles. The summed E-state index contributed by atoms with van der Waals surface area (Å²) in [5, 5.41) is 3.79. The van der Waals surface area contributed by atoms with Crippen molar-refractivity contribution in [3.8, 4) is 0 Å². The predicted octanol–water partition coefficient (Wildman–Crippen LogP) is 2.48. The molecule has 19 heavy (non-hydrogen) atoms. The number of rotatable bonds is 3. The highest BCUT2D eigenvalue weighted by Crippen LogP contribution is 2.28. The van der Waals surface area contributed by atoms with E-state index in [1.807, 2.05) is 5.51 Å². The number of hydrogen-bond acceptors (Lipinski definition) is 4. The van der Waals surface area contributed by atoms with Crippen LogP contribution in [-0.2, 0) is 6.54 Å². The Labute approximate surface area is 117 Å². The van der Waals surface area contributed by atoms with E-state index < -0.39 is 0 Å². The van der Waals surface area contributed by atoms with Crippen LogP contribution in [0.25, 0.3) is 10.2 Å². The molecule has 1 N–H and O–H groups in total. The number of thiazole rings is 1. The van der Waals surface area contributed by atoms with E-state index in [1.54, 1.807) is 11.3 Å². The first-order valence-corrected chi connectivity index (χ1v) is 8.05. The van der Waals surface area contributed by atoms with Gasteiger partial charge >= 0.3 is 0 Å². The molecule has 4 heteroatoms. The van der Waals surface area contributed by atoms with Crippen LogP contribution in [0.15, 0.2) is 23.7 Å². The monoisotopic (exact) mass is 273 g/mol. The molecule has 0 unspecified atom stereocenters. The van der Waals surface area contributed by atoms with Crippen molar-refractivity contribution in [3.63, 3.8) is 0 Å². The zero-order chi connectivity index (χ0) is 12.7. The van der Waals surface area contributed by atoms with E-state index in [-0.39, 0.29) is 0 Å². The van der Waals surface area contributed by atoms with Crippen molar-refractivity contribution in [2.45, 2.75) is 25.4 Å². The van der Waals surface area contributed by atoms with Gasteiger partial charge in [0.25, 0.3) is 0 Å². The second-order valence-corrected chi connectivity index (χ2v) is 6.60. The van der Waals surface area contributed by atoms with Crippen molar-refractivity contribution >= 4 is 21.6 Å². The summed E-state index contributed by atoms with van der Waals surface area (Å²) in [5.74, 6) is 0.894. The molecular formula is C15H19N3S. The number of hydrogen-bond donors (Lipinski definition) is 1. The van der Waals surface area contributed by atoms with Crippen molar-refractivity contribution in [2.75, 3.05) is 19.6 Å². The Kier molecular flexibility index (Phi) is 3.02. The molecule has 3 saturated heterocycles. The van der Waals surface area contributed by atoms with Gasteiger partial charge in [0.15, 0.2) is 0 Å². The van der Waals surface area contributed by atoms with E-state index in [1.165, 1.54) is 42.7 Å². The zero-order valence-electron chi connectivity index (χ0n) is 11.0. The third-order valence-corrected chi connectivity index (χ3v) is 5.57. The lowest BCUT2D eigenvalue weighted by molar-refractivity contribution is 0.0720. The first kappa shape index (κ1) is 11.8. The Morgan fingerprint density at radius 1 is 1.32 bits per heavy atom. The van der Waals surface area contributed by atoms with Crippen LogP contribution in [0.5, 0.6) is 0 Å². The van der Waals surface area contributed by atoms with E-state index in [0.717, 1.165) is 18.0 Å². The quantitative estimate of drug-likeness (QED) is 0.931. The standard InChI is InChI=1S/C15H19N3S/c1-2-12(15-13(3-1)17-10-19-15)8-16-14-9-18-6-4-11(14)5-7-18/h1-3,10-11,14,16H,4-9H2/t14-/m0/s1. The Hall–Kier alpha value is -0.970. The Bertz CT molecular complexity index is 572. The van der Waals surface area contributed by atoms with Crippen LogP contribution < -0.4 is 5.32 Å². The molecule has 3 aliphatic heterocycles. The van der Waals surface area contributed by atoms with Gasteiger partial charge in [-0.05, 0) is 43.5 Å². The molecule has 0 amide bonds. The van der Waals surface area contributed by atoms with E-state index in [9.17, 15) is 0 Å². The van der Waals surface area contributed by atoms with Crippen molar-refractivity contribution in [3.05, 3.63) is 29.3 Å². The van der Waals surface area contributed by atoms with Gasteiger partial charge in [-0.2, -0.15) is 0 Å². The molecule has 0 spiro atoms. The molecular weight excluding hydrogens is 254 g/mol. The predicted molar refractivity (Wildman–Crippen MR) is 79.4 cm³/mol. The van der Waals surface area contributed by atoms with Crippen LogP contribution >= 0.6 is 11.3 Å². The summed E-state index contributed by atoms with van der Waals surface area (Å²) in [4.78, 5) is 7.00.